The number of hydrogen-bond acceptors (Lipinski definition) is 8. The minimum atomic E-state index is -1.70. The van der Waals surface area contributed by atoms with Crippen molar-refractivity contribution >= 4 is 53.2 Å². The van der Waals surface area contributed by atoms with Gasteiger partial charge in [0.1, 0.15) is 18.1 Å². The lowest BCUT2D eigenvalue weighted by Crippen LogP contribution is -2.58. The number of carboxylic acids is 2. The first-order valence-corrected chi connectivity index (χ1v) is 12.7. The summed E-state index contributed by atoms with van der Waals surface area (Å²) >= 11 is 4.07. The second-order valence-electron chi connectivity index (χ2n) is 8.76. The fraction of sp³-hybridized carbons (Fsp3) is 0.458. The number of benzene rings is 1. The van der Waals surface area contributed by atoms with Crippen LogP contribution in [-0.2, 0) is 30.4 Å². The zero-order valence-corrected chi connectivity index (χ0v) is 21.6. The van der Waals surface area contributed by atoms with Crippen molar-refractivity contribution in [1.29, 1.82) is 0 Å². The number of carbonyl (C=O) groups is 5. The molecule has 10 N–H and O–H groups in total. The summed E-state index contributed by atoms with van der Waals surface area (Å²) in [6, 6.07) is 2.38. The number of H-pyrrole nitrogens is 1. The van der Waals surface area contributed by atoms with Crippen molar-refractivity contribution in [3.63, 3.8) is 0 Å². The minimum absolute atomic E-state index is 0.0643. The highest BCUT2D eigenvalue weighted by atomic mass is 32.1. The molecule has 13 nitrogen and oxygen atoms in total. The van der Waals surface area contributed by atoms with Crippen LogP contribution in [0, 0.1) is 0 Å². The Labute approximate surface area is 224 Å². The van der Waals surface area contributed by atoms with Crippen LogP contribution >= 0.6 is 12.6 Å². The Hall–Kier alpha value is -3.62. The molecule has 14 heteroatoms. The Balaban J connectivity index is 2.21. The molecule has 0 spiro atoms. The quantitative estimate of drug-likeness (QED) is 0.0931. The molecule has 0 fully saturated rings. The van der Waals surface area contributed by atoms with Gasteiger partial charge in [-0.25, -0.2) is 4.79 Å². The van der Waals surface area contributed by atoms with Crippen LogP contribution in [0.15, 0.2) is 30.5 Å². The molecule has 1 heterocycles. The molecule has 0 radical (unpaired) electrons. The van der Waals surface area contributed by atoms with Crippen molar-refractivity contribution in [2.75, 3.05) is 12.3 Å². The highest BCUT2D eigenvalue weighted by Gasteiger charge is 2.31. The van der Waals surface area contributed by atoms with Crippen LogP contribution in [0.4, 0.5) is 0 Å². The molecular weight excluding hydrogens is 516 g/mol. The Morgan fingerprint density at radius 1 is 0.921 bits per heavy atom. The Bertz CT molecular complexity index is 1140. The lowest BCUT2D eigenvalue weighted by molar-refractivity contribution is -0.147. The van der Waals surface area contributed by atoms with Gasteiger partial charge in [0.05, 0.1) is 12.5 Å². The fourth-order valence-electron chi connectivity index (χ4n) is 3.76. The number of thiol groups is 1. The predicted molar refractivity (Wildman–Crippen MR) is 142 cm³/mol. The number of hydrogen-bond donors (Lipinski definition) is 9. The number of para-hydroxylation sites is 1. The zero-order valence-electron chi connectivity index (χ0n) is 20.7. The van der Waals surface area contributed by atoms with Gasteiger partial charge in [0, 0.05) is 29.3 Å². The lowest BCUT2D eigenvalue weighted by atomic mass is 10.0. The van der Waals surface area contributed by atoms with E-state index < -0.39 is 60.2 Å². The van der Waals surface area contributed by atoms with Gasteiger partial charge in [-0.15, -0.1) is 0 Å². The number of aliphatic carboxylic acids is 2. The van der Waals surface area contributed by atoms with Gasteiger partial charge in [0.25, 0.3) is 0 Å². The summed E-state index contributed by atoms with van der Waals surface area (Å²) in [4.78, 5) is 64.1. The van der Waals surface area contributed by atoms with Crippen LogP contribution in [0.5, 0.6) is 0 Å². The van der Waals surface area contributed by atoms with E-state index in [-0.39, 0.29) is 12.2 Å². The van der Waals surface area contributed by atoms with Crippen molar-refractivity contribution in [2.45, 2.75) is 56.3 Å². The molecule has 208 valence electrons. The molecule has 1 aromatic carbocycles. The average Bonchev–Trinajstić information content (AvgIpc) is 3.28. The van der Waals surface area contributed by atoms with E-state index in [4.69, 9.17) is 16.6 Å². The Morgan fingerprint density at radius 3 is 2.18 bits per heavy atom. The summed E-state index contributed by atoms with van der Waals surface area (Å²) in [5, 5.41) is 26.2. The third-order valence-corrected chi connectivity index (χ3v) is 6.21. The van der Waals surface area contributed by atoms with E-state index in [0.29, 0.717) is 25.8 Å². The molecule has 1 aromatic heterocycles. The molecule has 3 amide bonds. The molecule has 0 aliphatic carbocycles. The summed E-state index contributed by atoms with van der Waals surface area (Å²) in [6.45, 7) is 0.461. The molecule has 4 atom stereocenters. The summed E-state index contributed by atoms with van der Waals surface area (Å²) in [5.74, 6) is -5.40. The van der Waals surface area contributed by atoms with E-state index in [1.165, 1.54) is 0 Å². The molecule has 38 heavy (non-hydrogen) atoms. The minimum Gasteiger partial charge on any atom is -0.481 e. The summed E-state index contributed by atoms with van der Waals surface area (Å²) in [5.41, 5.74) is 13.1. The smallest absolute Gasteiger partial charge is 0.326 e. The van der Waals surface area contributed by atoms with Gasteiger partial charge in [0.15, 0.2) is 0 Å². The predicted octanol–water partition coefficient (Wildman–Crippen LogP) is -0.890. The number of nitrogens with one attached hydrogen (secondary N) is 4. The number of aromatic nitrogens is 1. The number of amides is 3. The zero-order chi connectivity index (χ0) is 28.2. The normalized spacial score (nSPS) is 14.2. The van der Waals surface area contributed by atoms with Crippen molar-refractivity contribution in [2.24, 2.45) is 11.5 Å². The van der Waals surface area contributed by atoms with E-state index in [0.717, 1.165) is 16.5 Å². The van der Waals surface area contributed by atoms with Crippen LogP contribution in [0.25, 0.3) is 10.9 Å². The highest BCUT2D eigenvalue weighted by Crippen LogP contribution is 2.19. The summed E-state index contributed by atoms with van der Waals surface area (Å²) in [6.07, 6.45) is 2.62. The van der Waals surface area contributed by atoms with Gasteiger partial charge in [-0.1, -0.05) is 24.6 Å². The molecule has 2 aromatic rings. The number of fused-ring (bicyclic) bond motifs is 1. The maximum absolute atomic E-state index is 13.3. The number of aromatic amines is 1. The standard InChI is InChI=1S/C24H34N6O7S/c25-8-4-3-6-15(26)21(33)28-17(9-13-11-27-16-7-2-1-5-14(13)16)22(34)30-19(12-38)23(35)29-18(24(36)37)10-20(31)32/h1-2,5,7,11,15,17-19,27,38H,3-4,6,8-10,12,25-26H2,(H,28,33)(H,29,35)(H,30,34)(H,31,32)(H,36,37). The number of rotatable bonds is 16. The first-order chi connectivity index (χ1) is 18.1. The molecule has 0 saturated carbocycles. The first kappa shape index (κ1) is 30.6. The molecule has 0 saturated heterocycles. The third-order valence-electron chi connectivity index (χ3n) is 5.85. The molecule has 0 aliphatic rings. The van der Waals surface area contributed by atoms with Crippen LogP contribution in [-0.4, -0.2) is 81.3 Å². The van der Waals surface area contributed by atoms with Gasteiger partial charge in [-0.05, 0) is 31.0 Å². The van der Waals surface area contributed by atoms with E-state index in [1.807, 2.05) is 24.3 Å². The summed E-state index contributed by atoms with van der Waals surface area (Å²) < 4.78 is 0. The third kappa shape index (κ3) is 9.04. The van der Waals surface area contributed by atoms with Gasteiger partial charge in [0.2, 0.25) is 17.7 Å². The lowest BCUT2D eigenvalue weighted by Gasteiger charge is -2.24. The average molecular weight is 551 g/mol. The van der Waals surface area contributed by atoms with E-state index in [1.54, 1.807) is 6.20 Å². The van der Waals surface area contributed by atoms with E-state index in [9.17, 15) is 29.1 Å². The monoisotopic (exact) mass is 550 g/mol. The van der Waals surface area contributed by atoms with E-state index in [2.05, 4.69) is 33.6 Å². The molecular formula is C24H34N6O7S. The molecule has 0 aliphatic heterocycles. The van der Waals surface area contributed by atoms with Crippen LogP contribution < -0.4 is 27.4 Å². The van der Waals surface area contributed by atoms with Gasteiger partial charge in [-0.3, -0.25) is 19.2 Å². The van der Waals surface area contributed by atoms with Crippen molar-refractivity contribution < 1.29 is 34.2 Å². The largest absolute Gasteiger partial charge is 0.481 e. The highest BCUT2D eigenvalue weighted by molar-refractivity contribution is 7.80. The maximum atomic E-state index is 13.3. The van der Waals surface area contributed by atoms with Gasteiger partial charge >= 0.3 is 11.9 Å². The molecule has 4 unspecified atom stereocenters. The van der Waals surface area contributed by atoms with Crippen LogP contribution in [0.3, 0.4) is 0 Å². The number of nitrogens with two attached hydrogens (primary N) is 2. The van der Waals surface area contributed by atoms with E-state index >= 15 is 0 Å². The Kier molecular flexibility index (Phi) is 12.0. The topological polar surface area (TPSA) is 230 Å². The number of carboxylic acid groups (broad SMARTS) is 2. The van der Waals surface area contributed by atoms with Gasteiger partial charge < -0.3 is 42.6 Å². The second-order valence-corrected chi connectivity index (χ2v) is 9.12. The first-order valence-electron chi connectivity index (χ1n) is 12.0. The number of unbranched alkanes of at least 4 members (excludes halogenated alkanes) is 1. The summed E-state index contributed by atoms with van der Waals surface area (Å²) in [7, 11) is 0. The maximum Gasteiger partial charge on any atom is 0.326 e. The SMILES string of the molecule is NCCCCC(N)C(=O)NC(Cc1c[nH]c2ccccc12)C(=O)NC(CS)C(=O)NC(CC(=O)O)C(=O)O. The number of carbonyl (C=O) groups excluding carboxylic acids is 3. The van der Waals surface area contributed by atoms with Crippen molar-refractivity contribution in [3.05, 3.63) is 36.0 Å². The second kappa shape index (κ2) is 15.0. The van der Waals surface area contributed by atoms with Gasteiger partial charge in [-0.2, -0.15) is 12.6 Å². The van der Waals surface area contributed by atoms with Crippen LogP contribution in [0.1, 0.15) is 31.2 Å². The Morgan fingerprint density at radius 2 is 1.55 bits per heavy atom. The molecule has 0 bridgehead atoms. The van der Waals surface area contributed by atoms with Crippen molar-refractivity contribution in [3.8, 4) is 0 Å². The molecule has 2 rings (SSSR count). The fourth-order valence-corrected chi connectivity index (χ4v) is 4.02. The van der Waals surface area contributed by atoms with Crippen molar-refractivity contribution in [1.82, 2.24) is 20.9 Å². The van der Waals surface area contributed by atoms with Crippen LogP contribution in [0.2, 0.25) is 0 Å².